The highest BCUT2D eigenvalue weighted by Gasteiger charge is 2.42. The minimum atomic E-state index is -2.04. The molecule has 0 unspecified atom stereocenters. The van der Waals surface area contributed by atoms with Crippen molar-refractivity contribution in [3.05, 3.63) is 108 Å². The van der Waals surface area contributed by atoms with Crippen LogP contribution in [-0.4, -0.2) is 36.1 Å². The van der Waals surface area contributed by atoms with E-state index in [9.17, 15) is 0 Å². The van der Waals surface area contributed by atoms with Gasteiger partial charge in [-0.15, -0.1) is 11.1 Å². The van der Waals surface area contributed by atoms with Gasteiger partial charge in [0.05, 0.1) is 44.1 Å². The maximum absolute atomic E-state index is 4.09. The molecule has 10 aromatic rings. The molecule has 6 heteroatoms. The molecule has 2 aromatic heterocycles. The first-order valence-corrected chi connectivity index (χ1v) is 28.1. The summed E-state index contributed by atoms with van der Waals surface area (Å²) in [5.74, 6) is 7.80. The molecule has 4 nitrogen and oxygen atoms in total. The monoisotopic (exact) mass is 870 g/mol. The van der Waals surface area contributed by atoms with Crippen LogP contribution < -0.4 is 0 Å². The first-order valence-electron chi connectivity index (χ1n) is 23.7. The first-order chi connectivity index (χ1) is 30.6. The number of hydrogen-bond donors (Lipinski definition) is 4. The molecule has 0 aliphatic rings. The molecule has 8 aromatic carbocycles. The molecule has 0 radical (unpaired) electrons. The first kappa shape index (κ1) is 42.0. The molecule has 10 rings (SSSR count). The molecule has 0 aliphatic carbocycles. The Kier molecular flexibility index (Phi) is 10.1. The molecule has 0 aliphatic heterocycles. The number of rotatable bonds is 6. The highest BCUT2D eigenvalue weighted by molar-refractivity contribution is 6.91. The summed E-state index contributed by atoms with van der Waals surface area (Å²) >= 11 is 0. The molecule has 0 amide bonds. The summed E-state index contributed by atoms with van der Waals surface area (Å²) in [5, 5.41) is 12.0. The summed E-state index contributed by atoms with van der Waals surface area (Å²) < 4.78 is 0. The van der Waals surface area contributed by atoms with Gasteiger partial charge < -0.3 is 19.9 Å². The molecular weight excluding hydrogens is 809 g/mol. The second-order valence-electron chi connectivity index (χ2n) is 20.7. The van der Waals surface area contributed by atoms with Gasteiger partial charge in [0.2, 0.25) is 0 Å². The van der Waals surface area contributed by atoms with Crippen molar-refractivity contribution in [1.82, 2.24) is 19.9 Å². The molecular formula is C58H62N4Si2. The zero-order valence-electron chi connectivity index (χ0n) is 39.7. The van der Waals surface area contributed by atoms with Crippen LogP contribution in [0.25, 0.3) is 98.0 Å². The lowest BCUT2D eigenvalue weighted by Crippen LogP contribution is -2.43. The summed E-state index contributed by atoms with van der Waals surface area (Å²) in [7, 11) is -4.07. The van der Waals surface area contributed by atoms with Crippen LogP contribution in [0.4, 0.5) is 0 Å². The van der Waals surface area contributed by atoms with Crippen molar-refractivity contribution in [1.29, 1.82) is 0 Å². The number of aromatic amines is 4. The molecule has 4 N–H and O–H groups in total. The third-order valence-corrected chi connectivity index (χ3v) is 28.1. The van der Waals surface area contributed by atoms with Crippen molar-refractivity contribution < 1.29 is 0 Å². The van der Waals surface area contributed by atoms with Crippen LogP contribution in [0.5, 0.6) is 0 Å². The minimum Gasteiger partial charge on any atom is -0.352 e. The Morgan fingerprint density at radius 2 is 0.578 bits per heavy atom. The summed E-state index contributed by atoms with van der Waals surface area (Å²) in [4.78, 5) is 16.2. The minimum absolute atomic E-state index is 0.534. The topological polar surface area (TPSA) is 63.2 Å². The third kappa shape index (κ3) is 6.32. The molecule has 0 saturated heterocycles. The van der Waals surface area contributed by atoms with E-state index in [-0.39, 0.29) is 0 Å². The highest BCUT2D eigenvalue weighted by atomic mass is 28.3. The standard InChI is InChI=1S/C58H62N4Si2/c1-33(2)63(34(3)4,35(5)6)23-21-39-25-45-53-46(26-39)56-58(62-52-32-44-20-16-14-18-42(44)30-50(52)60-56)48-28-40(22-24-64(36(7)8,37(9)10)38(11)12)27-47(54(48)53)57-55(45)59-49-29-41-17-13-15-19-43(41)31-51(49)61-57/h13-20,25-38,59-62H,1-12H3. The van der Waals surface area contributed by atoms with Crippen LogP contribution in [0.2, 0.25) is 33.2 Å². The van der Waals surface area contributed by atoms with Gasteiger partial charge in [-0.3, -0.25) is 0 Å². The fourth-order valence-corrected chi connectivity index (χ4v) is 22.9. The van der Waals surface area contributed by atoms with Gasteiger partial charge in [-0.2, -0.15) is 0 Å². The Bertz CT molecular complexity index is 3200. The van der Waals surface area contributed by atoms with E-state index in [2.05, 4.69) is 223 Å². The van der Waals surface area contributed by atoms with Gasteiger partial charge in [-0.05, 0) is 103 Å². The van der Waals surface area contributed by atoms with E-state index < -0.39 is 16.1 Å². The van der Waals surface area contributed by atoms with Crippen molar-refractivity contribution >= 4 is 114 Å². The molecule has 0 atom stereocenters. The average molecular weight is 871 g/mol. The van der Waals surface area contributed by atoms with Gasteiger partial charge in [-0.25, -0.2) is 0 Å². The van der Waals surface area contributed by atoms with Crippen LogP contribution in [0.1, 0.15) is 94.2 Å². The highest BCUT2D eigenvalue weighted by Crippen LogP contribution is 2.47. The van der Waals surface area contributed by atoms with Gasteiger partial charge in [0.1, 0.15) is 16.1 Å². The maximum atomic E-state index is 4.09. The van der Waals surface area contributed by atoms with E-state index in [1.54, 1.807) is 0 Å². The Morgan fingerprint density at radius 1 is 0.344 bits per heavy atom. The SMILES string of the molecule is CC(C)[Si](C#Cc1cc2c3[nH]c4cc5ccccc5cc4[nH]c3c3cc(C#C[Si](C(C)C)(C(C)C)C(C)C)cc4c5[nH]c6cc7ccccc7cc6[nH]c5c(c1)c2c34)(C(C)C)C(C)C. The van der Waals surface area contributed by atoms with Crippen LogP contribution >= 0.6 is 0 Å². The van der Waals surface area contributed by atoms with Crippen molar-refractivity contribution in [3.63, 3.8) is 0 Å². The van der Waals surface area contributed by atoms with Crippen LogP contribution in [0.15, 0.2) is 97.1 Å². The predicted molar refractivity (Wildman–Crippen MR) is 286 cm³/mol. The van der Waals surface area contributed by atoms with Crippen LogP contribution in [0, 0.1) is 22.9 Å². The second kappa shape index (κ2) is 15.4. The van der Waals surface area contributed by atoms with Crippen molar-refractivity contribution in [2.45, 2.75) is 116 Å². The van der Waals surface area contributed by atoms with E-state index in [0.717, 1.165) is 55.3 Å². The van der Waals surface area contributed by atoms with Crippen molar-refractivity contribution in [2.75, 3.05) is 0 Å². The summed E-state index contributed by atoms with van der Waals surface area (Å²) in [6, 6.07) is 35.9. The van der Waals surface area contributed by atoms with Crippen LogP contribution in [-0.2, 0) is 0 Å². The molecule has 2 heterocycles. The van der Waals surface area contributed by atoms with E-state index >= 15 is 0 Å². The lowest BCUT2D eigenvalue weighted by molar-refractivity contribution is 0.838. The van der Waals surface area contributed by atoms with E-state index in [4.69, 9.17) is 0 Å². The Hall–Kier alpha value is -5.93. The maximum Gasteiger partial charge on any atom is 0.146 e. The summed E-state index contributed by atoms with van der Waals surface area (Å²) in [5.41, 5.74) is 22.1. The quantitative estimate of drug-likeness (QED) is 0.0557. The van der Waals surface area contributed by atoms with Crippen molar-refractivity contribution in [2.24, 2.45) is 0 Å². The summed E-state index contributed by atoms with van der Waals surface area (Å²) in [6.45, 7) is 28.8. The molecule has 64 heavy (non-hydrogen) atoms. The zero-order chi connectivity index (χ0) is 45.0. The van der Waals surface area contributed by atoms with E-state index in [0.29, 0.717) is 33.2 Å². The fourth-order valence-electron chi connectivity index (χ4n) is 12.5. The smallest absolute Gasteiger partial charge is 0.146 e. The fraction of sp³-hybridized carbons (Fsp3) is 0.310. The second-order valence-corrected chi connectivity index (χ2v) is 31.8. The number of fused-ring (bicyclic) bond motifs is 10. The Balaban J connectivity index is 1.42. The Labute approximate surface area is 379 Å². The number of benzene rings is 8. The van der Waals surface area contributed by atoms with Crippen molar-refractivity contribution in [3.8, 4) is 22.9 Å². The average Bonchev–Trinajstić information content (AvgIpc) is 3.25. The van der Waals surface area contributed by atoms with Gasteiger partial charge in [0.15, 0.2) is 0 Å². The molecule has 0 saturated carbocycles. The van der Waals surface area contributed by atoms with E-state index in [1.165, 1.54) is 53.9 Å². The number of nitrogens with one attached hydrogen (secondary N) is 4. The molecule has 0 spiro atoms. The summed E-state index contributed by atoms with van der Waals surface area (Å²) in [6.07, 6.45) is 0. The van der Waals surface area contributed by atoms with Gasteiger partial charge in [0.25, 0.3) is 0 Å². The van der Waals surface area contributed by atoms with Gasteiger partial charge in [-0.1, -0.05) is 143 Å². The number of H-pyrrole nitrogens is 4. The third-order valence-electron chi connectivity index (χ3n) is 15.5. The molecule has 0 fully saturated rings. The number of hydrogen-bond acceptors (Lipinski definition) is 0. The number of aromatic nitrogens is 4. The lowest BCUT2D eigenvalue weighted by Gasteiger charge is -2.38. The predicted octanol–water partition coefficient (Wildman–Crippen LogP) is 17.1. The van der Waals surface area contributed by atoms with Crippen LogP contribution in [0.3, 0.4) is 0 Å². The molecule has 0 bridgehead atoms. The van der Waals surface area contributed by atoms with Gasteiger partial charge >= 0.3 is 0 Å². The molecule has 322 valence electrons. The normalized spacial score (nSPS) is 13.0. The Morgan fingerprint density at radius 3 is 0.797 bits per heavy atom. The largest absolute Gasteiger partial charge is 0.352 e. The zero-order valence-corrected chi connectivity index (χ0v) is 41.7. The van der Waals surface area contributed by atoms with Gasteiger partial charge in [0, 0.05) is 43.4 Å². The van der Waals surface area contributed by atoms with E-state index in [1.807, 2.05) is 0 Å². The lowest BCUT2D eigenvalue weighted by atomic mass is 9.88.